The van der Waals surface area contributed by atoms with Crippen LogP contribution in [-0.4, -0.2) is 23.2 Å². The summed E-state index contributed by atoms with van der Waals surface area (Å²) in [6, 6.07) is 21.9. The lowest BCUT2D eigenvalue weighted by atomic mass is 10.1. The van der Waals surface area contributed by atoms with Crippen molar-refractivity contribution in [2.24, 2.45) is 0 Å². The Labute approximate surface area is 146 Å². The highest BCUT2D eigenvalue weighted by molar-refractivity contribution is 5.96. The molecule has 1 amide bonds. The molecular formula is C21H18N2O2. The fraction of sp³-hybridized carbons (Fsp3) is 0.0952. The van der Waals surface area contributed by atoms with Gasteiger partial charge in [-0.3, -0.25) is 9.78 Å². The summed E-state index contributed by atoms with van der Waals surface area (Å²) in [7, 11) is 0. The Kier molecular flexibility index (Phi) is 5.32. The lowest BCUT2D eigenvalue weighted by molar-refractivity contribution is -0.109. The summed E-state index contributed by atoms with van der Waals surface area (Å²) in [6.45, 7) is 0. The zero-order chi connectivity index (χ0) is 17.5. The molecule has 0 bridgehead atoms. The van der Waals surface area contributed by atoms with E-state index in [0.717, 1.165) is 23.1 Å². The highest BCUT2D eigenvalue weighted by atomic mass is 16.2. The van der Waals surface area contributed by atoms with Crippen molar-refractivity contribution in [3.05, 3.63) is 90.1 Å². The Bertz CT molecular complexity index is 831. The molecule has 0 aliphatic carbocycles. The minimum atomic E-state index is -0.551. The Hall–Kier alpha value is -3.27. The van der Waals surface area contributed by atoms with Crippen molar-refractivity contribution < 1.29 is 9.59 Å². The summed E-state index contributed by atoms with van der Waals surface area (Å²) in [5.74, 6) is -0.263. The molecule has 0 saturated heterocycles. The molecule has 3 aromatic rings. The topological polar surface area (TPSA) is 59.1 Å². The van der Waals surface area contributed by atoms with Crippen LogP contribution in [0, 0.1) is 0 Å². The summed E-state index contributed by atoms with van der Waals surface area (Å²) in [4.78, 5) is 27.9. The Balaban J connectivity index is 1.67. The number of carbonyl (C=O) groups excluding carboxylic acids is 2. The first-order valence-corrected chi connectivity index (χ1v) is 8.08. The molecule has 1 unspecified atom stereocenters. The van der Waals surface area contributed by atoms with Gasteiger partial charge in [0.25, 0.3) is 5.91 Å². The van der Waals surface area contributed by atoms with Gasteiger partial charge in [-0.25, -0.2) is 0 Å². The van der Waals surface area contributed by atoms with E-state index in [9.17, 15) is 9.59 Å². The lowest BCUT2D eigenvalue weighted by Gasteiger charge is -2.13. The number of rotatable bonds is 6. The first-order chi connectivity index (χ1) is 12.3. The third-order valence-electron chi connectivity index (χ3n) is 3.89. The molecule has 0 fully saturated rings. The molecule has 1 aromatic heterocycles. The van der Waals surface area contributed by atoms with E-state index < -0.39 is 6.04 Å². The van der Waals surface area contributed by atoms with Gasteiger partial charge in [-0.15, -0.1) is 0 Å². The van der Waals surface area contributed by atoms with E-state index in [1.807, 2.05) is 60.7 Å². The molecule has 0 saturated carbocycles. The van der Waals surface area contributed by atoms with Crippen LogP contribution in [0.1, 0.15) is 15.9 Å². The van der Waals surface area contributed by atoms with Crippen LogP contribution in [0.2, 0.25) is 0 Å². The van der Waals surface area contributed by atoms with E-state index >= 15 is 0 Å². The quantitative estimate of drug-likeness (QED) is 0.706. The average molecular weight is 330 g/mol. The lowest BCUT2D eigenvalue weighted by Crippen LogP contribution is -2.37. The van der Waals surface area contributed by atoms with Crippen LogP contribution in [0.3, 0.4) is 0 Å². The molecule has 0 aliphatic heterocycles. The van der Waals surface area contributed by atoms with Crippen LogP contribution < -0.4 is 5.32 Å². The van der Waals surface area contributed by atoms with E-state index in [4.69, 9.17) is 0 Å². The number of pyridine rings is 1. The highest BCUT2D eigenvalue weighted by Gasteiger charge is 2.13. The van der Waals surface area contributed by atoms with Crippen molar-refractivity contribution in [2.45, 2.75) is 12.5 Å². The molecule has 2 aromatic carbocycles. The standard InChI is InChI=1S/C21H18N2O2/c24-15-19(14-16-6-2-1-3-7-16)23-21(25)18-11-9-17(10-12-18)20-8-4-5-13-22-20/h1-13,15,19H,14H2,(H,23,25). The Morgan fingerprint density at radius 3 is 2.32 bits per heavy atom. The van der Waals surface area contributed by atoms with E-state index in [-0.39, 0.29) is 5.91 Å². The third-order valence-corrected chi connectivity index (χ3v) is 3.89. The van der Waals surface area contributed by atoms with Crippen LogP contribution in [0.4, 0.5) is 0 Å². The number of amides is 1. The van der Waals surface area contributed by atoms with Gasteiger partial charge in [-0.05, 0) is 36.2 Å². The van der Waals surface area contributed by atoms with Crippen molar-refractivity contribution >= 4 is 12.2 Å². The van der Waals surface area contributed by atoms with Crippen molar-refractivity contribution in [1.82, 2.24) is 10.3 Å². The number of nitrogens with zero attached hydrogens (tertiary/aromatic N) is 1. The van der Waals surface area contributed by atoms with Gasteiger partial charge < -0.3 is 10.1 Å². The molecule has 4 nitrogen and oxygen atoms in total. The molecule has 0 aliphatic rings. The maximum atomic E-state index is 12.4. The molecular weight excluding hydrogens is 312 g/mol. The molecule has 3 rings (SSSR count). The summed E-state index contributed by atoms with van der Waals surface area (Å²) in [5, 5.41) is 2.77. The van der Waals surface area contributed by atoms with Crippen molar-refractivity contribution in [3.63, 3.8) is 0 Å². The summed E-state index contributed by atoms with van der Waals surface area (Å²) in [6.07, 6.45) is 2.98. The smallest absolute Gasteiger partial charge is 0.251 e. The zero-order valence-electron chi connectivity index (χ0n) is 13.6. The van der Waals surface area contributed by atoms with Gasteiger partial charge in [0.05, 0.1) is 11.7 Å². The molecule has 25 heavy (non-hydrogen) atoms. The number of benzene rings is 2. The monoisotopic (exact) mass is 330 g/mol. The Morgan fingerprint density at radius 1 is 0.960 bits per heavy atom. The largest absolute Gasteiger partial charge is 0.342 e. The number of carbonyl (C=O) groups is 2. The first-order valence-electron chi connectivity index (χ1n) is 8.08. The molecule has 1 N–H and O–H groups in total. The van der Waals surface area contributed by atoms with E-state index in [0.29, 0.717) is 12.0 Å². The zero-order valence-corrected chi connectivity index (χ0v) is 13.6. The van der Waals surface area contributed by atoms with Gasteiger partial charge in [0, 0.05) is 17.3 Å². The number of aldehydes is 1. The SMILES string of the molecule is O=CC(Cc1ccccc1)NC(=O)c1ccc(-c2ccccn2)cc1. The number of aromatic nitrogens is 1. The number of hydrogen-bond acceptors (Lipinski definition) is 3. The Morgan fingerprint density at radius 2 is 1.68 bits per heavy atom. The van der Waals surface area contributed by atoms with Crippen molar-refractivity contribution in [1.29, 1.82) is 0 Å². The fourth-order valence-electron chi connectivity index (χ4n) is 2.58. The van der Waals surface area contributed by atoms with Gasteiger partial charge >= 0.3 is 0 Å². The summed E-state index contributed by atoms with van der Waals surface area (Å²) in [5.41, 5.74) is 3.31. The van der Waals surface area contributed by atoms with E-state index in [2.05, 4.69) is 10.3 Å². The van der Waals surface area contributed by atoms with E-state index in [1.165, 1.54) is 0 Å². The molecule has 0 radical (unpaired) electrons. The van der Waals surface area contributed by atoms with Crippen LogP contribution in [-0.2, 0) is 11.2 Å². The maximum absolute atomic E-state index is 12.4. The van der Waals surface area contributed by atoms with Gasteiger partial charge in [-0.1, -0.05) is 48.5 Å². The molecule has 0 spiro atoms. The molecule has 124 valence electrons. The second kappa shape index (κ2) is 8.02. The van der Waals surface area contributed by atoms with Gasteiger partial charge in [0.15, 0.2) is 0 Å². The van der Waals surface area contributed by atoms with E-state index in [1.54, 1.807) is 18.3 Å². The van der Waals surface area contributed by atoms with Gasteiger partial charge in [0.1, 0.15) is 6.29 Å². The van der Waals surface area contributed by atoms with Crippen LogP contribution >= 0.6 is 0 Å². The average Bonchev–Trinajstić information content (AvgIpc) is 2.69. The maximum Gasteiger partial charge on any atom is 0.251 e. The van der Waals surface area contributed by atoms with Crippen LogP contribution in [0.5, 0.6) is 0 Å². The predicted octanol–water partition coefficient (Wildman–Crippen LogP) is 3.29. The van der Waals surface area contributed by atoms with Crippen LogP contribution in [0.25, 0.3) is 11.3 Å². The first kappa shape index (κ1) is 16.6. The molecule has 1 heterocycles. The normalized spacial score (nSPS) is 11.5. The number of hydrogen-bond donors (Lipinski definition) is 1. The highest BCUT2D eigenvalue weighted by Crippen LogP contribution is 2.17. The third kappa shape index (κ3) is 4.38. The molecule has 1 atom stereocenters. The predicted molar refractivity (Wildman–Crippen MR) is 97.1 cm³/mol. The number of nitrogens with one attached hydrogen (secondary N) is 1. The van der Waals surface area contributed by atoms with Crippen molar-refractivity contribution in [3.8, 4) is 11.3 Å². The van der Waals surface area contributed by atoms with Gasteiger partial charge in [0.2, 0.25) is 0 Å². The minimum absolute atomic E-state index is 0.263. The summed E-state index contributed by atoms with van der Waals surface area (Å²) >= 11 is 0. The van der Waals surface area contributed by atoms with Gasteiger partial charge in [-0.2, -0.15) is 0 Å². The van der Waals surface area contributed by atoms with Crippen molar-refractivity contribution in [2.75, 3.05) is 0 Å². The molecule has 4 heteroatoms. The second-order valence-corrected chi connectivity index (χ2v) is 5.70. The fourth-order valence-corrected chi connectivity index (χ4v) is 2.58. The second-order valence-electron chi connectivity index (χ2n) is 5.70. The van der Waals surface area contributed by atoms with Crippen LogP contribution in [0.15, 0.2) is 79.0 Å². The summed E-state index contributed by atoms with van der Waals surface area (Å²) < 4.78 is 0. The minimum Gasteiger partial charge on any atom is -0.342 e.